The summed E-state index contributed by atoms with van der Waals surface area (Å²) in [6.45, 7) is 6.35. The van der Waals surface area contributed by atoms with E-state index in [1.807, 2.05) is 25.1 Å². The van der Waals surface area contributed by atoms with Crippen molar-refractivity contribution >= 4 is 17.4 Å². The van der Waals surface area contributed by atoms with Crippen molar-refractivity contribution in [2.24, 2.45) is 0 Å². The normalized spacial score (nSPS) is 13.8. The van der Waals surface area contributed by atoms with Crippen LogP contribution in [-0.2, 0) is 12.8 Å². The molecule has 2 aromatic carbocycles. The van der Waals surface area contributed by atoms with Crippen LogP contribution >= 0.6 is 0 Å². The number of rotatable bonds is 6. The van der Waals surface area contributed by atoms with Crippen LogP contribution in [0.5, 0.6) is 0 Å². The van der Waals surface area contributed by atoms with Crippen LogP contribution in [-0.4, -0.2) is 51.9 Å². The maximum atomic E-state index is 12.9. The number of carbonyl (C=O) groups is 1. The predicted octanol–water partition coefficient (Wildman–Crippen LogP) is 3.81. The van der Waals surface area contributed by atoms with Gasteiger partial charge < -0.3 is 9.80 Å². The smallest absolute Gasteiger partial charge is 0.270 e. The van der Waals surface area contributed by atoms with E-state index in [4.69, 9.17) is 9.97 Å². The summed E-state index contributed by atoms with van der Waals surface area (Å²) < 4.78 is 0. The zero-order valence-electron chi connectivity index (χ0n) is 18.9. The van der Waals surface area contributed by atoms with E-state index in [9.17, 15) is 14.9 Å². The summed E-state index contributed by atoms with van der Waals surface area (Å²) >= 11 is 0. The first-order valence-corrected chi connectivity index (χ1v) is 11.1. The molecule has 0 radical (unpaired) electrons. The third kappa shape index (κ3) is 5.00. The number of nitro benzene ring substituents is 1. The number of nitrogens with zero attached hydrogens (tertiary/aromatic N) is 5. The molecule has 4 rings (SSSR count). The van der Waals surface area contributed by atoms with Crippen molar-refractivity contribution in [2.45, 2.75) is 26.7 Å². The molecule has 33 heavy (non-hydrogen) atoms. The van der Waals surface area contributed by atoms with Gasteiger partial charge in [-0.05, 0) is 25.0 Å². The Labute approximate surface area is 193 Å². The van der Waals surface area contributed by atoms with Crippen molar-refractivity contribution in [1.29, 1.82) is 0 Å². The molecule has 0 saturated carbocycles. The molecule has 0 bridgehead atoms. The molecule has 1 aliphatic rings. The molecule has 1 fully saturated rings. The average molecular weight is 446 g/mol. The van der Waals surface area contributed by atoms with Gasteiger partial charge in [0.05, 0.1) is 4.92 Å². The van der Waals surface area contributed by atoms with Crippen molar-refractivity contribution in [3.8, 4) is 0 Å². The summed E-state index contributed by atoms with van der Waals surface area (Å²) in [6, 6.07) is 16.2. The number of hydrogen-bond acceptors (Lipinski definition) is 6. The van der Waals surface area contributed by atoms with E-state index in [0.717, 1.165) is 35.7 Å². The molecule has 0 unspecified atom stereocenters. The van der Waals surface area contributed by atoms with Crippen molar-refractivity contribution in [3.05, 3.63) is 92.9 Å². The van der Waals surface area contributed by atoms with Gasteiger partial charge in [0.1, 0.15) is 11.6 Å². The lowest BCUT2D eigenvalue weighted by Crippen LogP contribution is -2.49. The SMILES string of the molecule is CCc1nc(C)nc(N2CCN(C(=O)c3cccc([N+](=O)[O-])c3)CC2)c1Cc1ccccc1. The minimum Gasteiger partial charge on any atom is -0.353 e. The van der Waals surface area contributed by atoms with Gasteiger partial charge in [0.15, 0.2) is 0 Å². The van der Waals surface area contributed by atoms with Gasteiger partial charge in [-0.2, -0.15) is 0 Å². The Morgan fingerprint density at radius 3 is 2.42 bits per heavy atom. The monoisotopic (exact) mass is 445 g/mol. The molecule has 8 heteroatoms. The highest BCUT2D eigenvalue weighted by Gasteiger charge is 2.26. The molecule has 1 aromatic heterocycles. The van der Waals surface area contributed by atoms with E-state index in [2.05, 4.69) is 24.0 Å². The molecule has 0 aliphatic carbocycles. The maximum absolute atomic E-state index is 12.9. The number of nitro groups is 1. The van der Waals surface area contributed by atoms with Crippen LogP contribution in [0, 0.1) is 17.0 Å². The molecule has 1 amide bonds. The van der Waals surface area contributed by atoms with E-state index in [1.54, 1.807) is 17.0 Å². The summed E-state index contributed by atoms with van der Waals surface area (Å²) in [5, 5.41) is 11.1. The lowest BCUT2D eigenvalue weighted by Gasteiger charge is -2.36. The minimum atomic E-state index is -0.480. The first-order chi connectivity index (χ1) is 16.0. The van der Waals surface area contributed by atoms with E-state index < -0.39 is 4.92 Å². The molecular formula is C25H27N5O3. The number of carbonyl (C=O) groups excluding carboxylic acids is 1. The van der Waals surface area contributed by atoms with Gasteiger partial charge in [-0.25, -0.2) is 9.97 Å². The third-order valence-corrected chi connectivity index (χ3v) is 5.91. The van der Waals surface area contributed by atoms with Gasteiger partial charge in [-0.1, -0.05) is 43.3 Å². The van der Waals surface area contributed by atoms with Crippen LogP contribution in [0.3, 0.4) is 0 Å². The van der Waals surface area contributed by atoms with E-state index >= 15 is 0 Å². The number of non-ortho nitro benzene ring substituents is 1. The number of benzene rings is 2. The Hall–Kier alpha value is -3.81. The molecular weight excluding hydrogens is 418 g/mol. The van der Waals surface area contributed by atoms with Crippen LogP contribution in [0.1, 0.15) is 39.9 Å². The topological polar surface area (TPSA) is 92.5 Å². The van der Waals surface area contributed by atoms with Crippen LogP contribution in [0.25, 0.3) is 0 Å². The van der Waals surface area contributed by atoms with Crippen LogP contribution < -0.4 is 4.90 Å². The van der Waals surface area contributed by atoms with Crippen LogP contribution in [0.2, 0.25) is 0 Å². The highest BCUT2D eigenvalue weighted by Crippen LogP contribution is 2.26. The highest BCUT2D eigenvalue weighted by atomic mass is 16.6. The number of amides is 1. The fraction of sp³-hybridized carbons (Fsp3) is 0.320. The standard InChI is InChI=1S/C25H27N5O3/c1-3-23-22(16-19-8-5-4-6-9-19)24(27-18(2)26-23)28-12-14-29(15-13-28)25(31)20-10-7-11-21(17-20)30(32)33/h4-11,17H,3,12-16H2,1-2H3. The minimum absolute atomic E-state index is 0.0754. The van der Waals surface area contributed by atoms with Gasteiger partial charge in [-0.3, -0.25) is 14.9 Å². The number of aromatic nitrogens is 2. The average Bonchev–Trinajstić information content (AvgIpc) is 2.85. The zero-order valence-corrected chi connectivity index (χ0v) is 18.9. The van der Waals surface area contributed by atoms with Gasteiger partial charge in [0.2, 0.25) is 0 Å². The number of aryl methyl sites for hydroxylation is 2. The van der Waals surface area contributed by atoms with Gasteiger partial charge in [-0.15, -0.1) is 0 Å². The number of anilines is 1. The first-order valence-electron chi connectivity index (χ1n) is 11.1. The van der Waals surface area contributed by atoms with Gasteiger partial charge in [0, 0.05) is 61.6 Å². The van der Waals surface area contributed by atoms with Crippen molar-refractivity contribution in [1.82, 2.24) is 14.9 Å². The van der Waals surface area contributed by atoms with Crippen molar-refractivity contribution in [2.75, 3.05) is 31.1 Å². The van der Waals surface area contributed by atoms with Crippen molar-refractivity contribution in [3.63, 3.8) is 0 Å². The largest absolute Gasteiger partial charge is 0.353 e. The molecule has 170 valence electrons. The Morgan fingerprint density at radius 1 is 1.03 bits per heavy atom. The van der Waals surface area contributed by atoms with E-state index in [0.29, 0.717) is 31.7 Å². The summed E-state index contributed by atoms with van der Waals surface area (Å²) in [4.78, 5) is 37.0. The second-order valence-electron chi connectivity index (χ2n) is 8.12. The Morgan fingerprint density at radius 2 is 1.76 bits per heavy atom. The predicted molar refractivity (Wildman–Crippen MR) is 127 cm³/mol. The zero-order chi connectivity index (χ0) is 23.4. The summed E-state index contributed by atoms with van der Waals surface area (Å²) in [5.74, 6) is 1.50. The van der Waals surface area contributed by atoms with Gasteiger partial charge >= 0.3 is 0 Å². The molecule has 1 saturated heterocycles. The quantitative estimate of drug-likeness (QED) is 0.423. The van der Waals surface area contributed by atoms with E-state index in [1.165, 1.54) is 17.7 Å². The Kier molecular flexibility index (Phi) is 6.63. The number of hydrogen-bond donors (Lipinski definition) is 0. The molecule has 3 aromatic rings. The maximum Gasteiger partial charge on any atom is 0.270 e. The first kappa shape index (κ1) is 22.4. The Bertz CT molecular complexity index is 1160. The van der Waals surface area contributed by atoms with Crippen LogP contribution in [0.4, 0.5) is 11.5 Å². The number of piperazine rings is 1. The summed E-state index contributed by atoms with van der Waals surface area (Å²) in [5.41, 5.74) is 3.66. The molecule has 8 nitrogen and oxygen atoms in total. The van der Waals surface area contributed by atoms with Crippen molar-refractivity contribution < 1.29 is 9.72 Å². The summed E-state index contributed by atoms with van der Waals surface area (Å²) in [6.07, 6.45) is 1.58. The molecule has 0 spiro atoms. The highest BCUT2D eigenvalue weighted by molar-refractivity contribution is 5.95. The van der Waals surface area contributed by atoms with Crippen LogP contribution in [0.15, 0.2) is 54.6 Å². The second kappa shape index (κ2) is 9.77. The fourth-order valence-electron chi connectivity index (χ4n) is 4.23. The lowest BCUT2D eigenvalue weighted by atomic mass is 10.0. The van der Waals surface area contributed by atoms with Gasteiger partial charge in [0.25, 0.3) is 11.6 Å². The van der Waals surface area contributed by atoms with E-state index in [-0.39, 0.29) is 11.6 Å². The molecule has 0 N–H and O–H groups in total. The second-order valence-corrected chi connectivity index (χ2v) is 8.12. The fourth-order valence-corrected chi connectivity index (χ4v) is 4.23. The summed E-state index contributed by atoms with van der Waals surface area (Å²) in [7, 11) is 0. The Balaban J connectivity index is 1.54. The lowest BCUT2D eigenvalue weighted by molar-refractivity contribution is -0.384. The molecule has 0 atom stereocenters. The molecule has 1 aliphatic heterocycles. The molecule has 2 heterocycles. The third-order valence-electron chi connectivity index (χ3n) is 5.91.